The van der Waals surface area contributed by atoms with Crippen LogP contribution in [0.1, 0.15) is 29.7 Å². The highest BCUT2D eigenvalue weighted by Gasteiger charge is 2.23. The monoisotopic (exact) mass is 458 g/mol. The maximum absolute atomic E-state index is 14.2. The smallest absolute Gasteiger partial charge is 0.142 e. The normalized spacial score (nSPS) is 13.5. The van der Waals surface area contributed by atoms with Crippen LogP contribution in [0.5, 0.6) is 5.75 Å². The van der Waals surface area contributed by atoms with Gasteiger partial charge in [0.2, 0.25) is 0 Å². The number of aryl methyl sites for hydroxylation is 1. The molecule has 0 spiro atoms. The molecule has 3 heterocycles. The van der Waals surface area contributed by atoms with Crippen molar-refractivity contribution in [3.63, 3.8) is 0 Å². The summed E-state index contributed by atoms with van der Waals surface area (Å²) >= 11 is 6.31. The van der Waals surface area contributed by atoms with Crippen LogP contribution in [0, 0.1) is 12.7 Å². The molecule has 1 aromatic carbocycles. The number of H-pyrrole nitrogens is 1. The zero-order chi connectivity index (χ0) is 23.0. The van der Waals surface area contributed by atoms with Crippen molar-refractivity contribution in [3.05, 3.63) is 64.5 Å². The van der Waals surface area contributed by atoms with Crippen molar-refractivity contribution in [2.45, 2.75) is 32.4 Å². The molecule has 0 amide bonds. The van der Waals surface area contributed by atoms with Crippen molar-refractivity contribution in [2.24, 2.45) is 0 Å². The summed E-state index contributed by atoms with van der Waals surface area (Å²) in [6.07, 6.45) is 4.53. The lowest BCUT2D eigenvalue weighted by molar-refractivity contribution is 0.0782. The number of hydrogen-bond donors (Lipinski definition) is 3. The fraction of sp³-hybridized carbons (Fsp3) is 0.304. The molecule has 32 heavy (non-hydrogen) atoms. The summed E-state index contributed by atoms with van der Waals surface area (Å²) in [5, 5.41) is 24.1. The van der Waals surface area contributed by atoms with Crippen molar-refractivity contribution >= 4 is 22.6 Å². The minimum atomic E-state index is -0.883. The van der Waals surface area contributed by atoms with Gasteiger partial charge in [0.15, 0.2) is 0 Å². The summed E-state index contributed by atoms with van der Waals surface area (Å²) in [5.74, 6) is -0.245. The van der Waals surface area contributed by atoms with E-state index in [0.29, 0.717) is 17.0 Å². The average Bonchev–Trinajstić information content (AvgIpc) is 3.37. The largest absolute Gasteiger partial charge is 0.496 e. The van der Waals surface area contributed by atoms with Gasteiger partial charge in [-0.15, -0.1) is 0 Å². The molecule has 0 aliphatic rings. The molecule has 4 rings (SSSR count). The fourth-order valence-corrected chi connectivity index (χ4v) is 4.30. The molecule has 3 N–H and O–H groups in total. The van der Waals surface area contributed by atoms with Crippen LogP contribution in [0.3, 0.4) is 0 Å². The first kappa shape index (κ1) is 22.3. The van der Waals surface area contributed by atoms with Crippen molar-refractivity contribution in [1.82, 2.24) is 19.7 Å². The molecular weight excluding hydrogens is 435 g/mol. The number of halogens is 2. The lowest BCUT2D eigenvalue weighted by Crippen LogP contribution is -2.20. The molecule has 0 bridgehead atoms. The van der Waals surface area contributed by atoms with Gasteiger partial charge in [0.05, 0.1) is 37.1 Å². The van der Waals surface area contributed by atoms with Crippen molar-refractivity contribution < 1.29 is 19.3 Å². The highest BCUT2D eigenvalue weighted by Crippen LogP contribution is 2.41. The van der Waals surface area contributed by atoms with Gasteiger partial charge in [0, 0.05) is 46.6 Å². The summed E-state index contributed by atoms with van der Waals surface area (Å²) in [5.41, 5.74) is 4.67. The van der Waals surface area contributed by atoms with Crippen LogP contribution in [0.2, 0.25) is 5.02 Å². The zero-order valence-corrected chi connectivity index (χ0v) is 18.7. The Bertz CT molecular complexity index is 1270. The number of methoxy groups -OCH3 is 1. The van der Waals surface area contributed by atoms with Gasteiger partial charge in [-0.05, 0) is 30.7 Å². The lowest BCUT2D eigenvalue weighted by atomic mass is 9.91. The van der Waals surface area contributed by atoms with Crippen LogP contribution < -0.4 is 4.74 Å². The van der Waals surface area contributed by atoms with Gasteiger partial charge in [-0.2, -0.15) is 5.10 Å². The molecule has 2 atom stereocenters. The standard InChI is InChI=1S/C23H24ClFN4O3/c1-12(21-20(32-3)5-4-19(25)22(21)24)17-8-27-23-16(17)6-14(7-26-23)18-10-29(28-13(18)2)9-15(31)11-30/h4-8,10,12,15,30-31H,9,11H2,1-3H3,(H,26,27)/t12?,15-/m0/s1. The van der Waals surface area contributed by atoms with E-state index in [0.717, 1.165) is 27.8 Å². The SMILES string of the molecule is COc1ccc(F)c(Cl)c1C(C)c1c[nH]c2ncc(-c3cn(C[C@H](O)CO)nc3C)cc12. The maximum atomic E-state index is 14.2. The van der Waals surface area contributed by atoms with Crippen LogP contribution in [0.4, 0.5) is 4.39 Å². The Morgan fingerprint density at radius 1 is 1.34 bits per heavy atom. The van der Waals surface area contributed by atoms with Gasteiger partial charge in [-0.3, -0.25) is 4.68 Å². The molecule has 7 nitrogen and oxygen atoms in total. The molecule has 168 valence electrons. The number of hydrogen-bond acceptors (Lipinski definition) is 5. The number of ether oxygens (including phenoxy) is 1. The molecule has 0 saturated heterocycles. The molecule has 0 aliphatic heterocycles. The predicted octanol–water partition coefficient (Wildman–Crippen LogP) is 4.04. The van der Waals surface area contributed by atoms with E-state index in [9.17, 15) is 9.50 Å². The second-order valence-electron chi connectivity index (χ2n) is 7.75. The van der Waals surface area contributed by atoms with Gasteiger partial charge < -0.3 is 19.9 Å². The van der Waals surface area contributed by atoms with E-state index in [2.05, 4.69) is 15.1 Å². The summed E-state index contributed by atoms with van der Waals surface area (Å²) < 4.78 is 21.3. The molecular formula is C23H24ClFN4O3. The number of aromatic amines is 1. The number of fused-ring (bicyclic) bond motifs is 1. The quantitative estimate of drug-likeness (QED) is 0.388. The number of aliphatic hydroxyl groups is 2. The predicted molar refractivity (Wildman–Crippen MR) is 121 cm³/mol. The van der Waals surface area contributed by atoms with Gasteiger partial charge in [-0.25, -0.2) is 9.37 Å². The van der Waals surface area contributed by atoms with Gasteiger partial charge in [0.25, 0.3) is 0 Å². The third kappa shape index (κ3) is 3.97. The Morgan fingerprint density at radius 3 is 2.84 bits per heavy atom. The Kier molecular flexibility index (Phi) is 6.19. The van der Waals surface area contributed by atoms with Crippen LogP contribution in [-0.2, 0) is 6.54 Å². The Labute approximate surface area is 189 Å². The molecule has 0 aliphatic carbocycles. The topological polar surface area (TPSA) is 96.2 Å². The lowest BCUT2D eigenvalue weighted by Gasteiger charge is -2.17. The van der Waals surface area contributed by atoms with Crippen molar-refractivity contribution in [1.29, 1.82) is 0 Å². The van der Waals surface area contributed by atoms with E-state index in [1.165, 1.54) is 13.2 Å². The molecule has 0 saturated carbocycles. The zero-order valence-electron chi connectivity index (χ0n) is 17.9. The molecule has 3 aromatic heterocycles. The highest BCUT2D eigenvalue weighted by atomic mass is 35.5. The third-order valence-corrected chi connectivity index (χ3v) is 6.03. The number of nitrogens with zero attached hydrogens (tertiary/aromatic N) is 3. The molecule has 1 unspecified atom stereocenters. The maximum Gasteiger partial charge on any atom is 0.142 e. The number of pyridine rings is 1. The van der Waals surface area contributed by atoms with E-state index in [4.69, 9.17) is 21.4 Å². The number of benzene rings is 1. The van der Waals surface area contributed by atoms with E-state index < -0.39 is 11.9 Å². The first-order valence-corrected chi connectivity index (χ1v) is 10.5. The Balaban J connectivity index is 1.78. The summed E-state index contributed by atoms with van der Waals surface area (Å²) in [6, 6.07) is 4.87. The highest BCUT2D eigenvalue weighted by molar-refractivity contribution is 6.31. The van der Waals surface area contributed by atoms with Crippen LogP contribution in [0.25, 0.3) is 22.2 Å². The fourth-order valence-electron chi connectivity index (χ4n) is 3.98. The van der Waals surface area contributed by atoms with E-state index >= 15 is 0 Å². The third-order valence-electron chi connectivity index (χ3n) is 5.64. The molecule has 0 radical (unpaired) electrons. The van der Waals surface area contributed by atoms with Crippen molar-refractivity contribution in [3.8, 4) is 16.9 Å². The second-order valence-corrected chi connectivity index (χ2v) is 8.13. The average molecular weight is 459 g/mol. The van der Waals surface area contributed by atoms with Crippen LogP contribution >= 0.6 is 11.6 Å². The first-order chi connectivity index (χ1) is 15.3. The van der Waals surface area contributed by atoms with E-state index in [-0.39, 0.29) is 24.1 Å². The number of rotatable bonds is 7. The minimum Gasteiger partial charge on any atom is -0.496 e. The van der Waals surface area contributed by atoms with E-state index in [1.807, 2.05) is 32.3 Å². The second kappa shape index (κ2) is 8.90. The van der Waals surface area contributed by atoms with Crippen LogP contribution in [-0.4, -0.2) is 49.8 Å². The Hall–Kier alpha value is -2.94. The molecule has 9 heteroatoms. The number of aromatic nitrogens is 4. The van der Waals surface area contributed by atoms with Crippen molar-refractivity contribution in [2.75, 3.05) is 13.7 Å². The number of nitrogens with one attached hydrogen (secondary N) is 1. The van der Waals surface area contributed by atoms with Gasteiger partial charge >= 0.3 is 0 Å². The molecule has 0 fully saturated rings. The molecule has 4 aromatic rings. The van der Waals surface area contributed by atoms with E-state index in [1.54, 1.807) is 16.9 Å². The number of aliphatic hydroxyl groups excluding tert-OH is 2. The first-order valence-electron chi connectivity index (χ1n) is 10.2. The van der Waals surface area contributed by atoms with Gasteiger partial charge in [0.1, 0.15) is 17.2 Å². The van der Waals surface area contributed by atoms with Crippen LogP contribution in [0.15, 0.2) is 36.8 Å². The Morgan fingerprint density at radius 2 is 2.12 bits per heavy atom. The minimum absolute atomic E-state index is 0.0369. The van der Waals surface area contributed by atoms with Gasteiger partial charge in [-0.1, -0.05) is 18.5 Å². The summed E-state index contributed by atoms with van der Waals surface area (Å²) in [7, 11) is 1.53. The summed E-state index contributed by atoms with van der Waals surface area (Å²) in [6.45, 7) is 3.67. The summed E-state index contributed by atoms with van der Waals surface area (Å²) in [4.78, 5) is 7.72.